The third-order valence-electron chi connectivity index (χ3n) is 2.06. The number of furan rings is 1. The lowest BCUT2D eigenvalue weighted by molar-refractivity contribution is -0.130. The van der Waals surface area contributed by atoms with E-state index in [1.807, 2.05) is 0 Å². The maximum Gasteiger partial charge on any atom is 0.371 e. The maximum absolute atomic E-state index is 11.1. The van der Waals surface area contributed by atoms with Gasteiger partial charge in [0.15, 0.2) is 5.88 Å². The Morgan fingerprint density at radius 1 is 1.31 bits per heavy atom. The van der Waals surface area contributed by atoms with Gasteiger partial charge in [0.05, 0.1) is 0 Å². The molecule has 0 atom stereocenters. The number of imide groups is 1. The lowest BCUT2D eigenvalue weighted by Gasteiger charge is -2.24. The molecular formula is C9H8N2O5. The number of rotatable bonds is 2. The van der Waals surface area contributed by atoms with Gasteiger partial charge in [-0.3, -0.25) is 14.9 Å². The highest BCUT2D eigenvalue weighted by molar-refractivity contribution is 6.02. The fourth-order valence-electron chi connectivity index (χ4n) is 1.41. The predicted octanol–water partition coefficient (Wildman–Crippen LogP) is -0.559. The van der Waals surface area contributed by atoms with E-state index in [4.69, 9.17) is 9.52 Å². The molecular weight excluding hydrogens is 216 g/mol. The van der Waals surface area contributed by atoms with Crippen molar-refractivity contribution >= 4 is 23.7 Å². The molecule has 1 aromatic rings. The zero-order valence-corrected chi connectivity index (χ0v) is 8.10. The SMILES string of the molecule is O=C1CN(c2ccc(C(=O)O)o2)CC(=O)N1. The highest BCUT2D eigenvalue weighted by Crippen LogP contribution is 2.19. The number of carboxylic acids is 1. The normalized spacial score (nSPS) is 16.1. The summed E-state index contributed by atoms with van der Waals surface area (Å²) in [5, 5.41) is 10.8. The molecule has 0 aromatic carbocycles. The fourth-order valence-corrected chi connectivity index (χ4v) is 1.41. The fraction of sp³-hybridized carbons (Fsp3) is 0.222. The molecule has 2 amide bonds. The first-order valence-electron chi connectivity index (χ1n) is 4.47. The number of hydrogen-bond acceptors (Lipinski definition) is 5. The molecule has 2 heterocycles. The van der Waals surface area contributed by atoms with Crippen LogP contribution in [0.1, 0.15) is 10.6 Å². The molecule has 0 unspecified atom stereocenters. The number of anilines is 1. The average Bonchev–Trinajstić information content (AvgIpc) is 2.64. The van der Waals surface area contributed by atoms with Crippen molar-refractivity contribution in [2.45, 2.75) is 0 Å². The van der Waals surface area contributed by atoms with Crippen molar-refractivity contribution < 1.29 is 23.9 Å². The van der Waals surface area contributed by atoms with E-state index in [1.165, 1.54) is 17.0 Å². The number of carbonyl (C=O) groups is 3. The largest absolute Gasteiger partial charge is 0.475 e. The molecule has 84 valence electrons. The Bertz CT molecular complexity index is 448. The van der Waals surface area contributed by atoms with Crippen LogP contribution in [0.4, 0.5) is 5.88 Å². The molecule has 16 heavy (non-hydrogen) atoms. The number of hydrogen-bond donors (Lipinski definition) is 2. The van der Waals surface area contributed by atoms with Crippen LogP contribution in [0.3, 0.4) is 0 Å². The number of nitrogens with zero attached hydrogens (tertiary/aromatic N) is 1. The molecule has 1 aliphatic heterocycles. The molecule has 0 bridgehead atoms. The van der Waals surface area contributed by atoms with E-state index in [2.05, 4.69) is 5.32 Å². The minimum Gasteiger partial charge on any atom is -0.475 e. The van der Waals surface area contributed by atoms with Crippen molar-refractivity contribution in [2.24, 2.45) is 0 Å². The van der Waals surface area contributed by atoms with E-state index in [0.29, 0.717) is 0 Å². The third kappa shape index (κ3) is 1.88. The monoisotopic (exact) mass is 224 g/mol. The van der Waals surface area contributed by atoms with Crippen LogP contribution in [0.25, 0.3) is 0 Å². The Morgan fingerprint density at radius 3 is 2.44 bits per heavy atom. The van der Waals surface area contributed by atoms with Gasteiger partial charge in [-0.25, -0.2) is 4.79 Å². The molecule has 1 saturated heterocycles. The lowest BCUT2D eigenvalue weighted by Crippen LogP contribution is -2.51. The molecule has 1 aromatic heterocycles. The summed E-state index contributed by atoms with van der Waals surface area (Å²) in [6.45, 7) is -0.0589. The van der Waals surface area contributed by atoms with Gasteiger partial charge in [0, 0.05) is 6.07 Å². The number of amides is 2. The summed E-state index contributed by atoms with van der Waals surface area (Å²) in [6.07, 6.45) is 0. The van der Waals surface area contributed by atoms with E-state index < -0.39 is 17.8 Å². The number of carboxylic acid groups (broad SMARTS) is 1. The summed E-state index contributed by atoms with van der Waals surface area (Å²) in [5.41, 5.74) is 0. The summed E-state index contributed by atoms with van der Waals surface area (Å²) in [6, 6.07) is 2.68. The molecule has 0 saturated carbocycles. The van der Waals surface area contributed by atoms with Gasteiger partial charge in [-0.1, -0.05) is 0 Å². The van der Waals surface area contributed by atoms with E-state index in [9.17, 15) is 14.4 Å². The van der Waals surface area contributed by atoms with Gasteiger partial charge >= 0.3 is 5.97 Å². The predicted molar refractivity (Wildman–Crippen MR) is 51.0 cm³/mol. The summed E-state index contributed by atoms with van der Waals surface area (Å²) < 4.78 is 4.98. The summed E-state index contributed by atoms with van der Waals surface area (Å²) in [5.74, 6) is -2.11. The van der Waals surface area contributed by atoms with Crippen LogP contribution in [0.2, 0.25) is 0 Å². The molecule has 2 N–H and O–H groups in total. The molecule has 1 aliphatic rings. The number of aromatic carboxylic acids is 1. The van der Waals surface area contributed by atoms with Crippen molar-refractivity contribution in [3.63, 3.8) is 0 Å². The first kappa shape index (κ1) is 10.2. The Morgan fingerprint density at radius 2 is 1.94 bits per heavy atom. The van der Waals surface area contributed by atoms with E-state index >= 15 is 0 Å². The van der Waals surface area contributed by atoms with Crippen LogP contribution in [0.5, 0.6) is 0 Å². The van der Waals surface area contributed by atoms with Gasteiger partial charge in [-0.15, -0.1) is 0 Å². The average molecular weight is 224 g/mol. The van der Waals surface area contributed by atoms with Gasteiger partial charge in [-0.2, -0.15) is 0 Å². The minimum absolute atomic E-state index is 0.0295. The molecule has 1 fully saturated rings. The van der Waals surface area contributed by atoms with Crippen molar-refractivity contribution in [3.8, 4) is 0 Å². The number of nitrogens with one attached hydrogen (secondary N) is 1. The summed E-state index contributed by atoms with van der Waals surface area (Å²) in [7, 11) is 0. The smallest absolute Gasteiger partial charge is 0.371 e. The van der Waals surface area contributed by atoms with E-state index in [1.54, 1.807) is 0 Å². The second kappa shape index (κ2) is 3.69. The molecule has 0 radical (unpaired) electrons. The zero-order valence-electron chi connectivity index (χ0n) is 8.10. The van der Waals surface area contributed by atoms with Crippen LogP contribution in [0.15, 0.2) is 16.5 Å². The van der Waals surface area contributed by atoms with Gasteiger partial charge in [-0.05, 0) is 6.07 Å². The molecule has 0 aliphatic carbocycles. The minimum atomic E-state index is -1.20. The quantitative estimate of drug-likeness (QED) is 0.653. The topological polar surface area (TPSA) is 99.8 Å². The highest BCUT2D eigenvalue weighted by atomic mass is 16.4. The second-order valence-electron chi connectivity index (χ2n) is 3.27. The Kier molecular flexibility index (Phi) is 2.35. The van der Waals surface area contributed by atoms with Crippen LogP contribution < -0.4 is 10.2 Å². The summed E-state index contributed by atoms with van der Waals surface area (Å²) >= 11 is 0. The van der Waals surface area contributed by atoms with Crippen molar-refractivity contribution in [3.05, 3.63) is 17.9 Å². The van der Waals surface area contributed by atoms with Crippen LogP contribution >= 0.6 is 0 Å². The van der Waals surface area contributed by atoms with Crippen LogP contribution in [-0.4, -0.2) is 36.0 Å². The number of piperazine rings is 1. The highest BCUT2D eigenvalue weighted by Gasteiger charge is 2.25. The summed E-state index contributed by atoms with van der Waals surface area (Å²) in [4.78, 5) is 34.1. The van der Waals surface area contributed by atoms with Crippen LogP contribution in [-0.2, 0) is 9.59 Å². The van der Waals surface area contributed by atoms with Crippen molar-refractivity contribution in [1.29, 1.82) is 0 Å². The number of carbonyl (C=O) groups excluding carboxylic acids is 2. The van der Waals surface area contributed by atoms with Crippen molar-refractivity contribution in [1.82, 2.24) is 5.32 Å². The molecule has 7 heteroatoms. The Labute approximate surface area is 89.6 Å². The second-order valence-corrected chi connectivity index (χ2v) is 3.27. The van der Waals surface area contributed by atoms with E-state index in [-0.39, 0.29) is 24.7 Å². The Hall–Kier alpha value is -2.31. The first-order valence-corrected chi connectivity index (χ1v) is 4.47. The first-order chi connectivity index (χ1) is 7.56. The zero-order chi connectivity index (χ0) is 11.7. The van der Waals surface area contributed by atoms with Gasteiger partial charge in [0.1, 0.15) is 13.1 Å². The standard InChI is InChI=1S/C9H8N2O5/c12-6-3-11(4-7(13)10-6)8-2-1-5(16-8)9(14)15/h1-2H,3-4H2,(H,14,15)(H,10,12,13). The van der Waals surface area contributed by atoms with Gasteiger partial charge in [0.2, 0.25) is 17.6 Å². The molecule has 2 rings (SSSR count). The maximum atomic E-state index is 11.1. The third-order valence-corrected chi connectivity index (χ3v) is 2.06. The van der Waals surface area contributed by atoms with Crippen LogP contribution in [0, 0.1) is 0 Å². The Balaban J connectivity index is 2.19. The molecule has 0 spiro atoms. The lowest BCUT2D eigenvalue weighted by atomic mass is 10.3. The van der Waals surface area contributed by atoms with Gasteiger partial charge < -0.3 is 14.4 Å². The van der Waals surface area contributed by atoms with Gasteiger partial charge in [0.25, 0.3) is 0 Å². The van der Waals surface area contributed by atoms with Crippen molar-refractivity contribution in [2.75, 3.05) is 18.0 Å². The molecule has 7 nitrogen and oxygen atoms in total. The van der Waals surface area contributed by atoms with E-state index in [0.717, 1.165) is 0 Å².